The number of amides is 1. The standard InChI is InChI=1S/C13H10F9NO/c1-23(7-8-5-3-2-4-6-8)9(24)10(14,15)11(16,17)12(18,19)13(20,21)22/h2-6H,7H2,1H3. The Hall–Kier alpha value is -1.94. The monoisotopic (exact) mass is 367 g/mol. The van der Waals surface area contributed by atoms with Crippen molar-refractivity contribution >= 4 is 5.91 Å². The van der Waals surface area contributed by atoms with Crippen LogP contribution in [0.25, 0.3) is 0 Å². The van der Waals surface area contributed by atoms with Crippen molar-refractivity contribution in [1.82, 2.24) is 4.90 Å². The molecular formula is C13H10F9NO. The summed E-state index contributed by atoms with van der Waals surface area (Å²) in [7, 11) is 0.574. The van der Waals surface area contributed by atoms with Gasteiger partial charge in [0.2, 0.25) is 0 Å². The number of nitrogens with zero attached hydrogens (tertiary/aromatic N) is 1. The second-order valence-corrected chi connectivity index (χ2v) is 4.87. The van der Waals surface area contributed by atoms with Crippen molar-refractivity contribution in [3.05, 3.63) is 35.9 Å². The summed E-state index contributed by atoms with van der Waals surface area (Å²) in [6, 6.07) is 6.96. The zero-order chi connectivity index (χ0) is 19.0. The summed E-state index contributed by atoms with van der Waals surface area (Å²) in [5, 5.41) is 0. The van der Waals surface area contributed by atoms with Gasteiger partial charge in [0.15, 0.2) is 0 Å². The van der Waals surface area contributed by atoms with Crippen LogP contribution < -0.4 is 0 Å². The Balaban J connectivity index is 3.10. The molecule has 1 aromatic carbocycles. The van der Waals surface area contributed by atoms with Crippen molar-refractivity contribution in [3.63, 3.8) is 0 Å². The number of benzene rings is 1. The van der Waals surface area contributed by atoms with E-state index < -0.39 is 36.4 Å². The van der Waals surface area contributed by atoms with E-state index in [0.29, 0.717) is 7.05 Å². The van der Waals surface area contributed by atoms with E-state index in [9.17, 15) is 44.3 Å². The van der Waals surface area contributed by atoms with Crippen LogP contribution >= 0.6 is 0 Å². The number of alkyl halides is 9. The number of hydrogen-bond acceptors (Lipinski definition) is 1. The maximum Gasteiger partial charge on any atom is 0.460 e. The predicted molar refractivity (Wildman–Crippen MR) is 63.8 cm³/mol. The normalized spacial score (nSPS) is 13.8. The van der Waals surface area contributed by atoms with Gasteiger partial charge in [0, 0.05) is 13.6 Å². The van der Waals surface area contributed by atoms with E-state index in [1.807, 2.05) is 0 Å². The summed E-state index contributed by atoms with van der Waals surface area (Å²) < 4.78 is 115. The average molecular weight is 367 g/mol. The Morgan fingerprint density at radius 2 is 1.33 bits per heavy atom. The molecule has 1 rings (SSSR count). The molecule has 1 amide bonds. The molecule has 0 aromatic heterocycles. The topological polar surface area (TPSA) is 20.3 Å². The maximum atomic E-state index is 13.5. The van der Waals surface area contributed by atoms with Gasteiger partial charge in [-0.2, -0.15) is 39.5 Å². The summed E-state index contributed by atoms with van der Waals surface area (Å²) in [6.45, 7) is -0.692. The number of rotatable bonds is 5. The lowest BCUT2D eigenvalue weighted by Gasteiger charge is -2.34. The lowest BCUT2D eigenvalue weighted by molar-refractivity contribution is -0.389. The highest BCUT2D eigenvalue weighted by Crippen LogP contribution is 2.53. The minimum atomic E-state index is -7.09. The summed E-state index contributed by atoms with van der Waals surface area (Å²) in [5.74, 6) is -23.2. The van der Waals surface area contributed by atoms with Crippen molar-refractivity contribution in [2.45, 2.75) is 30.5 Å². The Morgan fingerprint density at radius 1 is 0.875 bits per heavy atom. The summed E-state index contributed by atoms with van der Waals surface area (Å²) in [6.07, 6.45) is -6.96. The molecule has 0 fully saturated rings. The van der Waals surface area contributed by atoms with E-state index in [1.165, 1.54) is 30.3 Å². The van der Waals surface area contributed by atoms with Gasteiger partial charge in [0.1, 0.15) is 0 Å². The van der Waals surface area contributed by atoms with E-state index in [4.69, 9.17) is 0 Å². The third-order valence-electron chi connectivity index (χ3n) is 3.02. The first-order valence-corrected chi connectivity index (χ1v) is 6.16. The Morgan fingerprint density at radius 3 is 1.75 bits per heavy atom. The number of carbonyl (C=O) groups excluding carboxylic acids is 1. The third kappa shape index (κ3) is 3.29. The van der Waals surface area contributed by atoms with E-state index in [0.717, 1.165) is 0 Å². The van der Waals surface area contributed by atoms with Gasteiger partial charge in [-0.1, -0.05) is 30.3 Å². The number of carbonyl (C=O) groups is 1. The van der Waals surface area contributed by atoms with Crippen molar-refractivity contribution < 1.29 is 44.3 Å². The maximum absolute atomic E-state index is 13.5. The minimum absolute atomic E-state index is 0.0598. The molecule has 0 N–H and O–H groups in total. The van der Waals surface area contributed by atoms with Crippen LogP contribution in [0.3, 0.4) is 0 Å². The second kappa shape index (κ2) is 6.17. The van der Waals surface area contributed by atoms with Gasteiger partial charge >= 0.3 is 23.9 Å². The van der Waals surface area contributed by atoms with E-state index in [1.54, 1.807) is 0 Å². The van der Waals surface area contributed by atoms with Crippen LogP contribution in [0.15, 0.2) is 30.3 Å². The average Bonchev–Trinajstić information content (AvgIpc) is 2.45. The van der Waals surface area contributed by atoms with Gasteiger partial charge in [-0.05, 0) is 5.56 Å². The van der Waals surface area contributed by atoms with Gasteiger partial charge in [0.05, 0.1) is 0 Å². The molecule has 0 saturated heterocycles. The molecule has 11 heteroatoms. The fourth-order valence-electron chi connectivity index (χ4n) is 1.68. The summed E-state index contributed by atoms with van der Waals surface area (Å²) >= 11 is 0. The third-order valence-corrected chi connectivity index (χ3v) is 3.02. The Labute approximate surface area is 129 Å². The molecule has 0 radical (unpaired) electrons. The first kappa shape index (κ1) is 20.1. The van der Waals surface area contributed by atoms with Gasteiger partial charge in [-0.15, -0.1) is 0 Å². The number of halogens is 9. The minimum Gasteiger partial charge on any atom is -0.336 e. The molecule has 0 unspecified atom stereocenters. The molecule has 0 heterocycles. The fourth-order valence-corrected chi connectivity index (χ4v) is 1.68. The molecule has 1 aromatic rings. The highest BCUT2D eigenvalue weighted by molar-refractivity contribution is 5.84. The predicted octanol–water partition coefficient (Wildman–Crippen LogP) is 4.11. The van der Waals surface area contributed by atoms with Crippen LogP contribution in [0.4, 0.5) is 39.5 Å². The van der Waals surface area contributed by atoms with Gasteiger partial charge in [0.25, 0.3) is 5.91 Å². The van der Waals surface area contributed by atoms with Gasteiger partial charge < -0.3 is 4.90 Å². The first-order valence-electron chi connectivity index (χ1n) is 6.16. The van der Waals surface area contributed by atoms with Crippen LogP contribution in [0, 0.1) is 0 Å². The molecule has 0 aliphatic carbocycles. The molecule has 0 aliphatic rings. The van der Waals surface area contributed by atoms with Crippen LogP contribution in [-0.4, -0.2) is 41.8 Å². The van der Waals surface area contributed by atoms with Crippen molar-refractivity contribution in [1.29, 1.82) is 0 Å². The molecule has 0 bridgehead atoms. The first-order chi connectivity index (χ1) is 10.7. The zero-order valence-electron chi connectivity index (χ0n) is 11.9. The lowest BCUT2D eigenvalue weighted by Crippen LogP contribution is -2.65. The van der Waals surface area contributed by atoms with Gasteiger partial charge in [-0.25, -0.2) is 0 Å². The smallest absolute Gasteiger partial charge is 0.336 e. The highest BCUT2D eigenvalue weighted by atomic mass is 19.4. The van der Waals surface area contributed by atoms with Crippen LogP contribution in [0.2, 0.25) is 0 Å². The molecule has 0 spiro atoms. The number of hydrogen-bond donors (Lipinski definition) is 0. The van der Waals surface area contributed by atoms with Crippen LogP contribution in [0.5, 0.6) is 0 Å². The fraction of sp³-hybridized carbons (Fsp3) is 0.462. The highest BCUT2D eigenvalue weighted by Gasteiger charge is 2.84. The van der Waals surface area contributed by atoms with Crippen LogP contribution in [0.1, 0.15) is 5.56 Å². The molecule has 0 aliphatic heterocycles. The zero-order valence-corrected chi connectivity index (χ0v) is 11.9. The Kier molecular flexibility index (Phi) is 5.17. The van der Waals surface area contributed by atoms with Crippen molar-refractivity contribution in [2.24, 2.45) is 0 Å². The van der Waals surface area contributed by atoms with E-state index >= 15 is 0 Å². The van der Waals surface area contributed by atoms with Crippen LogP contribution in [-0.2, 0) is 11.3 Å². The molecule has 0 saturated carbocycles. The molecular weight excluding hydrogens is 357 g/mol. The van der Waals surface area contributed by atoms with Crippen molar-refractivity contribution in [3.8, 4) is 0 Å². The molecule has 0 atom stereocenters. The SMILES string of the molecule is CN(Cc1ccccc1)C(=O)C(F)(F)C(F)(F)C(F)(F)C(F)(F)F. The molecule has 24 heavy (non-hydrogen) atoms. The largest absolute Gasteiger partial charge is 0.460 e. The summed E-state index contributed by atoms with van der Waals surface area (Å²) in [4.78, 5) is 11.3. The van der Waals surface area contributed by atoms with Gasteiger partial charge in [-0.3, -0.25) is 4.79 Å². The molecule has 2 nitrogen and oxygen atoms in total. The molecule has 136 valence electrons. The lowest BCUT2D eigenvalue weighted by atomic mass is 10.0. The second-order valence-electron chi connectivity index (χ2n) is 4.87. The van der Waals surface area contributed by atoms with E-state index in [2.05, 4.69) is 0 Å². The quantitative estimate of drug-likeness (QED) is 0.718. The summed E-state index contributed by atoms with van der Waals surface area (Å²) in [5.41, 5.74) is 0.176. The van der Waals surface area contributed by atoms with Crippen molar-refractivity contribution in [2.75, 3.05) is 7.05 Å². The van der Waals surface area contributed by atoms with E-state index in [-0.39, 0.29) is 10.5 Å². The Bertz CT molecular complexity index is 583.